The van der Waals surface area contributed by atoms with Crippen molar-refractivity contribution >= 4 is 19.7 Å². The summed E-state index contributed by atoms with van der Waals surface area (Å²) < 4.78 is 12.4. The SMILES string of the molecule is Cc1ccc(-c2c(C)noc2C)cc1N(O[Si](C)(C)C(C)(C)C)c1ccc(C2(C#N)CC2)cc1. The molecule has 1 saturated carbocycles. The molecule has 1 aliphatic carbocycles. The Morgan fingerprint density at radius 3 is 2.21 bits per heavy atom. The molecule has 0 N–H and O–H groups in total. The third kappa shape index (κ3) is 4.31. The summed E-state index contributed by atoms with van der Waals surface area (Å²) in [5.74, 6) is 0.805. The summed E-state index contributed by atoms with van der Waals surface area (Å²) >= 11 is 0. The third-order valence-electron chi connectivity index (χ3n) is 7.49. The van der Waals surface area contributed by atoms with Gasteiger partial charge < -0.3 is 9.05 Å². The Morgan fingerprint density at radius 1 is 1.06 bits per heavy atom. The number of aryl methyl sites for hydroxylation is 3. The van der Waals surface area contributed by atoms with Gasteiger partial charge in [0.1, 0.15) is 5.76 Å². The minimum Gasteiger partial charge on any atom is -0.361 e. The predicted molar refractivity (Wildman–Crippen MR) is 140 cm³/mol. The molecule has 1 heterocycles. The minimum absolute atomic E-state index is 0.0389. The fourth-order valence-corrected chi connectivity index (χ4v) is 4.92. The van der Waals surface area contributed by atoms with Crippen molar-refractivity contribution in [3.05, 3.63) is 65.0 Å². The second-order valence-corrected chi connectivity index (χ2v) is 15.8. The Bertz CT molecular complexity index is 1220. The Morgan fingerprint density at radius 2 is 1.71 bits per heavy atom. The summed E-state index contributed by atoms with van der Waals surface area (Å²) in [6.45, 7) is 17.3. The number of hydrogen-bond acceptors (Lipinski definition) is 5. The van der Waals surface area contributed by atoms with E-state index in [0.717, 1.165) is 57.9 Å². The molecule has 1 aromatic heterocycles. The summed E-state index contributed by atoms with van der Waals surface area (Å²) in [4.78, 5) is 0. The van der Waals surface area contributed by atoms with Gasteiger partial charge in [0.05, 0.1) is 28.6 Å². The molecule has 4 rings (SSSR count). The molecular weight excluding hydrogens is 438 g/mol. The van der Waals surface area contributed by atoms with Gasteiger partial charge in [0, 0.05) is 5.56 Å². The van der Waals surface area contributed by atoms with Crippen molar-refractivity contribution in [3.63, 3.8) is 0 Å². The van der Waals surface area contributed by atoms with Crippen LogP contribution in [0.3, 0.4) is 0 Å². The maximum Gasteiger partial charge on any atom is 0.229 e. The van der Waals surface area contributed by atoms with E-state index in [2.05, 4.69) is 94.5 Å². The Labute approximate surface area is 204 Å². The van der Waals surface area contributed by atoms with Crippen LogP contribution in [-0.4, -0.2) is 13.5 Å². The molecule has 34 heavy (non-hydrogen) atoms. The maximum atomic E-state index is 9.62. The van der Waals surface area contributed by atoms with Crippen LogP contribution in [0.1, 0.15) is 56.2 Å². The van der Waals surface area contributed by atoms with Crippen LogP contribution in [0.25, 0.3) is 11.1 Å². The third-order valence-corrected chi connectivity index (χ3v) is 11.7. The van der Waals surface area contributed by atoms with E-state index in [1.165, 1.54) is 0 Å². The van der Waals surface area contributed by atoms with E-state index in [4.69, 9.17) is 9.05 Å². The van der Waals surface area contributed by atoms with Crippen molar-refractivity contribution in [2.24, 2.45) is 0 Å². The lowest BCUT2D eigenvalue weighted by atomic mass is 9.97. The smallest absolute Gasteiger partial charge is 0.229 e. The normalized spacial score (nSPS) is 15.1. The van der Waals surface area contributed by atoms with Crippen molar-refractivity contribution in [1.82, 2.24) is 5.16 Å². The summed E-state index contributed by atoms with van der Waals surface area (Å²) in [7, 11) is -2.16. The summed E-state index contributed by atoms with van der Waals surface area (Å²) in [6, 6.07) is 17.2. The summed E-state index contributed by atoms with van der Waals surface area (Å²) in [5, 5.41) is 15.8. The molecule has 3 aromatic rings. The van der Waals surface area contributed by atoms with Gasteiger partial charge in [-0.15, -0.1) is 0 Å². The molecule has 2 aromatic carbocycles. The molecule has 0 spiro atoms. The molecule has 0 unspecified atom stereocenters. The van der Waals surface area contributed by atoms with Crippen LogP contribution in [0.5, 0.6) is 0 Å². The van der Waals surface area contributed by atoms with Crippen molar-refractivity contribution in [2.45, 2.75) is 77.9 Å². The van der Waals surface area contributed by atoms with Gasteiger partial charge in [-0.05, 0) is 86.6 Å². The molecule has 0 bridgehead atoms. The average Bonchev–Trinajstić information content (AvgIpc) is 3.51. The van der Waals surface area contributed by atoms with Crippen molar-refractivity contribution in [2.75, 3.05) is 5.06 Å². The average molecular weight is 474 g/mol. The van der Waals surface area contributed by atoms with Gasteiger partial charge in [0.2, 0.25) is 8.32 Å². The first-order valence-corrected chi connectivity index (χ1v) is 14.8. The number of anilines is 2. The molecule has 0 aliphatic heterocycles. The van der Waals surface area contributed by atoms with Crippen LogP contribution in [-0.2, 0) is 9.94 Å². The van der Waals surface area contributed by atoms with E-state index in [9.17, 15) is 5.26 Å². The van der Waals surface area contributed by atoms with E-state index in [-0.39, 0.29) is 10.5 Å². The zero-order chi connectivity index (χ0) is 24.9. The van der Waals surface area contributed by atoms with Crippen LogP contribution >= 0.6 is 0 Å². The van der Waals surface area contributed by atoms with Crippen LogP contribution in [0, 0.1) is 32.1 Å². The first-order chi connectivity index (χ1) is 15.9. The molecule has 0 saturated heterocycles. The van der Waals surface area contributed by atoms with Gasteiger partial charge in [0.15, 0.2) is 0 Å². The standard InChI is InChI=1S/C28H35N3O2Si/c1-19-9-10-22(26-20(2)30-32-21(26)3)17-25(19)31(33-34(7,8)27(4,5)6)24-13-11-23(12-14-24)28(18-29)15-16-28/h9-14,17H,15-16H2,1-8H3. The first-order valence-electron chi connectivity index (χ1n) is 11.9. The van der Waals surface area contributed by atoms with Gasteiger partial charge in [-0.25, -0.2) is 5.06 Å². The molecule has 1 fully saturated rings. The predicted octanol–water partition coefficient (Wildman–Crippen LogP) is 7.90. The van der Waals surface area contributed by atoms with Crippen molar-refractivity contribution < 1.29 is 9.05 Å². The van der Waals surface area contributed by atoms with Gasteiger partial charge in [-0.3, -0.25) is 0 Å². The highest BCUT2D eigenvalue weighted by atomic mass is 28.4. The fraction of sp³-hybridized carbons (Fsp3) is 0.429. The molecule has 5 nitrogen and oxygen atoms in total. The van der Waals surface area contributed by atoms with E-state index in [1.807, 2.05) is 18.9 Å². The molecule has 178 valence electrons. The van der Waals surface area contributed by atoms with Crippen LogP contribution in [0.15, 0.2) is 47.0 Å². The Kier molecular flexibility index (Phi) is 5.99. The van der Waals surface area contributed by atoms with E-state index >= 15 is 0 Å². The monoisotopic (exact) mass is 473 g/mol. The minimum atomic E-state index is -2.16. The summed E-state index contributed by atoms with van der Waals surface area (Å²) in [5.41, 5.74) is 6.81. The number of aromatic nitrogens is 1. The molecule has 0 radical (unpaired) electrons. The Hall–Kier alpha value is -2.88. The van der Waals surface area contributed by atoms with Gasteiger partial charge in [0.25, 0.3) is 0 Å². The maximum absolute atomic E-state index is 9.62. The zero-order valence-electron chi connectivity index (χ0n) is 21.6. The lowest BCUT2D eigenvalue weighted by molar-refractivity contribution is 0.292. The molecule has 0 amide bonds. The number of nitrogens with zero attached hydrogens (tertiary/aromatic N) is 3. The second kappa shape index (κ2) is 8.40. The highest BCUT2D eigenvalue weighted by Crippen LogP contribution is 2.48. The van der Waals surface area contributed by atoms with Gasteiger partial charge in [-0.1, -0.05) is 50.2 Å². The fourth-order valence-electron chi connectivity index (χ4n) is 3.99. The van der Waals surface area contributed by atoms with E-state index < -0.39 is 8.32 Å². The molecular formula is C28H35N3O2Si. The van der Waals surface area contributed by atoms with Gasteiger partial charge >= 0.3 is 0 Å². The second-order valence-electron chi connectivity index (χ2n) is 11.1. The lowest BCUT2D eigenvalue weighted by Crippen LogP contribution is -2.45. The van der Waals surface area contributed by atoms with Crippen LogP contribution in [0.2, 0.25) is 18.1 Å². The summed E-state index contributed by atoms with van der Waals surface area (Å²) in [6.07, 6.45) is 1.87. The Balaban J connectivity index is 1.82. The number of hydrogen-bond donors (Lipinski definition) is 0. The van der Waals surface area contributed by atoms with Crippen LogP contribution < -0.4 is 5.06 Å². The quantitative estimate of drug-likeness (QED) is 0.269. The molecule has 1 aliphatic rings. The van der Waals surface area contributed by atoms with Gasteiger partial charge in [-0.2, -0.15) is 5.26 Å². The molecule has 6 heteroatoms. The number of rotatable bonds is 6. The van der Waals surface area contributed by atoms with Crippen molar-refractivity contribution in [1.29, 1.82) is 5.26 Å². The topological polar surface area (TPSA) is 62.3 Å². The van der Waals surface area contributed by atoms with E-state index in [1.54, 1.807) is 0 Å². The van der Waals surface area contributed by atoms with E-state index in [0.29, 0.717) is 0 Å². The number of nitriles is 1. The highest BCUT2D eigenvalue weighted by molar-refractivity contribution is 6.74. The zero-order valence-corrected chi connectivity index (χ0v) is 22.6. The van der Waals surface area contributed by atoms with Crippen molar-refractivity contribution in [3.8, 4) is 17.2 Å². The highest BCUT2D eigenvalue weighted by Gasteiger charge is 2.45. The van der Waals surface area contributed by atoms with Crippen LogP contribution in [0.4, 0.5) is 11.4 Å². The molecule has 0 atom stereocenters. The first kappa shape index (κ1) is 24.2. The number of benzene rings is 2. The lowest BCUT2D eigenvalue weighted by Gasteiger charge is -2.41. The largest absolute Gasteiger partial charge is 0.361 e.